The van der Waals surface area contributed by atoms with Gasteiger partial charge in [0.05, 0.1) is 5.02 Å². The molecule has 2 aromatic carbocycles. The zero-order chi connectivity index (χ0) is 14.1. The van der Waals surface area contributed by atoms with Crippen molar-refractivity contribution in [2.75, 3.05) is 6.54 Å². The van der Waals surface area contributed by atoms with E-state index in [2.05, 4.69) is 36.5 Å². The van der Waals surface area contributed by atoms with Crippen molar-refractivity contribution in [1.29, 1.82) is 0 Å². The molecule has 0 aliphatic heterocycles. The lowest BCUT2D eigenvalue weighted by molar-refractivity contribution is 0.488. The first kappa shape index (κ1) is 13.6. The summed E-state index contributed by atoms with van der Waals surface area (Å²) >= 11 is 5.82. The maximum absolute atomic E-state index is 13.2. The fourth-order valence-corrected chi connectivity index (χ4v) is 2.95. The second-order valence-corrected chi connectivity index (χ2v) is 5.81. The van der Waals surface area contributed by atoms with Gasteiger partial charge in [-0.15, -0.1) is 0 Å². The van der Waals surface area contributed by atoms with E-state index >= 15 is 0 Å². The van der Waals surface area contributed by atoms with Gasteiger partial charge >= 0.3 is 0 Å². The fourth-order valence-electron chi connectivity index (χ4n) is 2.76. The highest BCUT2D eigenvalue weighted by molar-refractivity contribution is 6.30. The summed E-state index contributed by atoms with van der Waals surface area (Å²) < 4.78 is 13.2. The van der Waals surface area contributed by atoms with Crippen molar-refractivity contribution >= 4 is 11.6 Å². The van der Waals surface area contributed by atoms with Crippen LogP contribution in [0.3, 0.4) is 0 Å². The minimum Gasteiger partial charge on any atom is -0.310 e. The molecule has 1 N–H and O–H groups in total. The summed E-state index contributed by atoms with van der Waals surface area (Å²) in [6.45, 7) is 3.02. The van der Waals surface area contributed by atoms with Crippen LogP contribution in [0.5, 0.6) is 0 Å². The van der Waals surface area contributed by atoms with Gasteiger partial charge in [0, 0.05) is 18.5 Å². The van der Waals surface area contributed by atoms with Crippen LogP contribution in [-0.2, 0) is 6.42 Å². The molecule has 0 radical (unpaired) electrons. The first-order valence-electron chi connectivity index (χ1n) is 6.91. The van der Waals surface area contributed by atoms with Crippen LogP contribution in [0.1, 0.15) is 35.6 Å². The van der Waals surface area contributed by atoms with Gasteiger partial charge in [0.25, 0.3) is 0 Å². The van der Waals surface area contributed by atoms with Crippen molar-refractivity contribution < 1.29 is 4.39 Å². The Balaban J connectivity index is 1.60. The molecule has 0 aromatic heterocycles. The smallest absolute Gasteiger partial charge is 0.141 e. The molecule has 2 unspecified atom stereocenters. The summed E-state index contributed by atoms with van der Waals surface area (Å²) in [6.07, 6.45) is 1.14. The van der Waals surface area contributed by atoms with Crippen molar-refractivity contribution in [3.8, 4) is 0 Å². The summed E-state index contributed by atoms with van der Waals surface area (Å²) in [5, 5.41) is 3.69. The third kappa shape index (κ3) is 2.58. The van der Waals surface area contributed by atoms with E-state index in [0.29, 0.717) is 5.92 Å². The van der Waals surface area contributed by atoms with Crippen molar-refractivity contribution in [3.63, 3.8) is 0 Å². The van der Waals surface area contributed by atoms with Crippen LogP contribution in [0.2, 0.25) is 5.02 Å². The molecule has 0 fully saturated rings. The van der Waals surface area contributed by atoms with Crippen molar-refractivity contribution in [3.05, 3.63) is 70.0 Å². The van der Waals surface area contributed by atoms with Gasteiger partial charge in [-0.25, -0.2) is 4.39 Å². The van der Waals surface area contributed by atoms with Crippen molar-refractivity contribution in [2.24, 2.45) is 0 Å². The highest BCUT2D eigenvalue weighted by atomic mass is 35.5. The SMILES string of the molecule is CC(NCC1Cc2ccccc21)c1ccc(F)c(Cl)c1. The molecule has 0 saturated carbocycles. The Morgan fingerprint density at radius 2 is 2.10 bits per heavy atom. The molecule has 0 spiro atoms. The monoisotopic (exact) mass is 289 g/mol. The largest absolute Gasteiger partial charge is 0.310 e. The van der Waals surface area contributed by atoms with Crippen LogP contribution in [0, 0.1) is 5.82 Å². The first-order valence-corrected chi connectivity index (χ1v) is 7.29. The quantitative estimate of drug-likeness (QED) is 0.876. The standard InChI is InChI=1S/C17H17ClFN/c1-11(12-6-7-17(19)16(18)9-12)20-10-14-8-13-4-2-3-5-15(13)14/h2-7,9,11,14,20H,8,10H2,1H3. The zero-order valence-corrected chi connectivity index (χ0v) is 12.1. The summed E-state index contributed by atoms with van der Waals surface area (Å²) in [4.78, 5) is 0. The van der Waals surface area contributed by atoms with E-state index in [4.69, 9.17) is 11.6 Å². The predicted molar refractivity (Wildman–Crippen MR) is 80.7 cm³/mol. The highest BCUT2D eigenvalue weighted by Crippen LogP contribution is 2.34. The highest BCUT2D eigenvalue weighted by Gasteiger charge is 2.25. The Morgan fingerprint density at radius 1 is 1.30 bits per heavy atom. The van der Waals surface area contributed by atoms with E-state index in [1.165, 1.54) is 17.2 Å². The number of fused-ring (bicyclic) bond motifs is 1. The third-order valence-electron chi connectivity index (χ3n) is 4.08. The van der Waals surface area contributed by atoms with Gasteiger partial charge in [0.2, 0.25) is 0 Å². The zero-order valence-electron chi connectivity index (χ0n) is 11.4. The fraction of sp³-hybridized carbons (Fsp3) is 0.294. The Hall–Kier alpha value is -1.38. The molecule has 0 saturated heterocycles. The van der Waals surface area contributed by atoms with Gasteiger partial charge in [-0.1, -0.05) is 41.9 Å². The maximum atomic E-state index is 13.2. The van der Waals surface area contributed by atoms with Gasteiger partial charge in [-0.2, -0.15) is 0 Å². The number of nitrogens with one attached hydrogen (secondary N) is 1. The second-order valence-electron chi connectivity index (χ2n) is 5.40. The molecule has 3 rings (SSSR count). The third-order valence-corrected chi connectivity index (χ3v) is 4.36. The lowest BCUT2D eigenvalue weighted by atomic mass is 9.77. The van der Waals surface area contributed by atoms with Gasteiger partial charge < -0.3 is 5.32 Å². The van der Waals surface area contributed by atoms with E-state index in [0.717, 1.165) is 18.5 Å². The van der Waals surface area contributed by atoms with Crippen LogP contribution < -0.4 is 5.32 Å². The molecule has 104 valence electrons. The van der Waals surface area contributed by atoms with Crippen molar-refractivity contribution in [1.82, 2.24) is 5.32 Å². The first-order chi connectivity index (χ1) is 9.65. The molecule has 2 atom stereocenters. The van der Waals surface area contributed by atoms with Gasteiger partial charge in [-0.3, -0.25) is 0 Å². The van der Waals surface area contributed by atoms with Gasteiger partial charge in [0.15, 0.2) is 0 Å². The van der Waals surface area contributed by atoms with E-state index in [-0.39, 0.29) is 16.9 Å². The molecular weight excluding hydrogens is 273 g/mol. The number of benzene rings is 2. The number of hydrogen-bond donors (Lipinski definition) is 1. The molecule has 3 heteroatoms. The number of halogens is 2. The molecule has 0 heterocycles. The summed E-state index contributed by atoms with van der Waals surface area (Å²) in [7, 11) is 0. The predicted octanol–water partition coefficient (Wildman–Crippen LogP) is 4.47. The van der Waals surface area contributed by atoms with Crippen LogP contribution in [0.4, 0.5) is 4.39 Å². The average Bonchev–Trinajstić information content (AvgIpc) is 2.42. The minimum atomic E-state index is -0.365. The average molecular weight is 290 g/mol. The minimum absolute atomic E-state index is 0.167. The molecule has 20 heavy (non-hydrogen) atoms. The molecular formula is C17H17ClFN. The Bertz CT molecular complexity index is 626. The van der Waals surface area contributed by atoms with Crippen LogP contribution in [0.25, 0.3) is 0 Å². The normalized spacial score (nSPS) is 18.2. The molecule has 0 bridgehead atoms. The molecule has 0 amide bonds. The molecule has 1 nitrogen and oxygen atoms in total. The molecule has 2 aromatic rings. The molecule has 1 aliphatic carbocycles. The molecule has 1 aliphatic rings. The van der Waals surface area contributed by atoms with Crippen LogP contribution in [-0.4, -0.2) is 6.54 Å². The Kier molecular flexibility index (Phi) is 3.77. The lowest BCUT2D eigenvalue weighted by Gasteiger charge is -2.31. The van der Waals surface area contributed by atoms with Crippen molar-refractivity contribution in [2.45, 2.75) is 25.3 Å². The van der Waals surface area contributed by atoms with E-state index in [1.807, 2.05) is 0 Å². The summed E-state index contributed by atoms with van der Waals surface area (Å²) in [5.74, 6) is 0.222. The van der Waals surface area contributed by atoms with E-state index < -0.39 is 0 Å². The second kappa shape index (κ2) is 5.55. The van der Waals surface area contributed by atoms with Gasteiger partial charge in [0.1, 0.15) is 5.82 Å². The van der Waals surface area contributed by atoms with Crippen LogP contribution in [0.15, 0.2) is 42.5 Å². The van der Waals surface area contributed by atoms with Gasteiger partial charge in [-0.05, 0) is 42.2 Å². The van der Waals surface area contributed by atoms with E-state index in [1.54, 1.807) is 12.1 Å². The lowest BCUT2D eigenvalue weighted by Crippen LogP contribution is -2.30. The van der Waals surface area contributed by atoms with Crippen LogP contribution >= 0.6 is 11.6 Å². The Morgan fingerprint density at radius 3 is 2.85 bits per heavy atom. The number of rotatable bonds is 4. The summed E-state index contributed by atoms with van der Waals surface area (Å²) in [5.41, 5.74) is 3.92. The topological polar surface area (TPSA) is 12.0 Å². The number of hydrogen-bond acceptors (Lipinski definition) is 1. The van der Waals surface area contributed by atoms with E-state index in [9.17, 15) is 4.39 Å². The summed E-state index contributed by atoms with van der Waals surface area (Å²) in [6, 6.07) is 13.6. The Labute approximate surface area is 123 Å². The maximum Gasteiger partial charge on any atom is 0.141 e.